The summed E-state index contributed by atoms with van der Waals surface area (Å²) in [7, 11) is 0. The van der Waals surface area contributed by atoms with Crippen molar-refractivity contribution in [3.8, 4) is 5.69 Å². The highest BCUT2D eigenvalue weighted by Crippen LogP contribution is 2.39. The molecule has 5 rings (SSSR count). The highest BCUT2D eigenvalue weighted by atomic mass is 35.5. The van der Waals surface area contributed by atoms with Crippen LogP contribution >= 0.6 is 23.8 Å². The van der Waals surface area contributed by atoms with Gasteiger partial charge in [-0.3, -0.25) is 9.88 Å². The van der Waals surface area contributed by atoms with Crippen LogP contribution in [0.2, 0.25) is 5.02 Å². The van der Waals surface area contributed by atoms with E-state index in [1.54, 1.807) is 0 Å². The molecule has 3 aromatic rings. The molecule has 6 nitrogen and oxygen atoms in total. The van der Waals surface area contributed by atoms with Crippen molar-refractivity contribution in [2.24, 2.45) is 0 Å². The lowest BCUT2D eigenvalue weighted by atomic mass is 10.0. The van der Waals surface area contributed by atoms with Crippen molar-refractivity contribution in [1.29, 1.82) is 0 Å². The van der Waals surface area contributed by atoms with Crippen LogP contribution in [-0.2, 0) is 4.74 Å². The first-order valence-electron chi connectivity index (χ1n) is 11.3. The van der Waals surface area contributed by atoms with E-state index in [1.807, 2.05) is 31.3 Å². The average molecular weight is 482 g/mol. The van der Waals surface area contributed by atoms with Gasteiger partial charge in [0.05, 0.1) is 31.0 Å². The number of hydrogen-bond acceptors (Lipinski definition) is 4. The summed E-state index contributed by atoms with van der Waals surface area (Å²) in [5.74, 6) is 0. The molecule has 2 atom stereocenters. The Labute approximate surface area is 205 Å². The third-order valence-electron chi connectivity index (χ3n) is 6.46. The third-order valence-corrected chi connectivity index (χ3v) is 7.24. The second kappa shape index (κ2) is 9.81. The van der Waals surface area contributed by atoms with E-state index >= 15 is 0 Å². The summed E-state index contributed by atoms with van der Waals surface area (Å²) in [5.41, 5.74) is 4.29. The van der Waals surface area contributed by atoms with Crippen LogP contribution in [0.3, 0.4) is 0 Å². The van der Waals surface area contributed by atoms with Crippen LogP contribution in [0.25, 0.3) is 5.69 Å². The SMILES string of the molecule is Cc1cc(-n2cccc2[C@H]2[C@@H](c3ccccn3)NC(=S)N2CCN2CCOCC2)ccc1Cl. The minimum absolute atomic E-state index is 0.0134. The number of ether oxygens (including phenoxy) is 1. The molecule has 2 aliphatic heterocycles. The normalized spacial score (nSPS) is 21.4. The number of pyridine rings is 1. The first kappa shape index (κ1) is 22.3. The van der Waals surface area contributed by atoms with Crippen LogP contribution < -0.4 is 5.32 Å². The van der Waals surface area contributed by atoms with Crippen LogP contribution in [0.4, 0.5) is 0 Å². The Balaban J connectivity index is 1.51. The molecule has 1 N–H and O–H groups in total. The van der Waals surface area contributed by atoms with Gasteiger partial charge in [0.1, 0.15) is 0 Å². The molecule has 2 saturated heterocycles. The highest BCUT2D eigenvalue weighted by molar-refractivity contribution is 7.80. The molecule has 4 heterocycles. The van der Waals surface area contributed by atoms with Gasteiger partial charge in [-0.2, -0.15) is 0 Å². The standard InChI is InChI=1S/C25H28ClN5OS/c1-18-17-19(7-8-20(18)26)30-10-4-6-22(30)24-23(21-5-2-3-9-27-21)28-25(33)31(24)12-11-29-13-15-32-16-14-29/h2-10,17,23-24H,11-16H2,1H3,(H,28,33)/t23-,24+/m1/s1. The lowest BCUT2D eigenvalue weighted by molar-refractivity contribution is 0.0349. The minimum atomic E-state index is -0.0366. The molecule has 172 valence electrons. The highest BCUT2D eigenvalue weighted by Gasteiger charge is 2.41. The first-order valence-corrected chi connectivity index (χ1v) is 12.1. The van der Waals surface area contributed by atoms with E-state index in [1.165, 1.54) is 5.69 Å². The van der Waals surface area contributed by atoms with Crippen LogP contribution in [0, 0.1) is 6.92 Å². The van der Waals surface area contributed by atoms with Gasteiger partial charge in [-0.05, 0) is 67.2 Å². The van der Waals surface area contributed by atoms with E-state index in [0.29, 0.717) is 0 Å². The van der Waals surface area contributed by atoms with E-state index in [4.69, 9.17) is 28.6 Å². The van der Waals surface area contributed by atoms with Crippen molar-refractivity contribution >= 4 is 28.9 Å². The van der Waals surface area contributed by atoms with E-state index in [-0.39, 0.29) is 12.1 Å². The van der Waals surface area contributed by atoms with Gasteiger partial charge in [-0.25, -0.2) is 0 Å². The maximum atomic E-state index is 6.30. The Morgan fingerprint density at radius 3 is 2.73 bits per heavy atom. The zero-order chi connectivity index (χ0) is 22.8. The number of aromatic nitrogens is 2. The monoisotopic (exact) mass is 481 g/mol. The van der Waals surface area contributed by atoms with Gasteiger partial charge in [0.25, 0.3) is 0 Å². The molecular weight excluding hydrogens is 454 g/mol. The van der Waals surface area contributed by atoms with E-state index < -0.39 is 0 Å². The Morgan fingerprint density at radius 1 is 1.12 bits per heavy atom. The Bertz CT molecular complexity index is 1110. The summed E-state index contributed by atoms with van der Waals surface area (Å²) in [6, 6.07) is 16.4. The number of halogens is 1. The minimum Gasteiger partial charge on any atom is -0.379 e. The number of thiocarbonyl (C=S) groups is 1. The third kappa shape index (κ3) is 4.64. The number of rotatable bonds is 6. The number of benzene rings is 1. The number of nitrogens with one attached hydrogen (secondary N) is 1. The molecule has 0 spiro atoms. The van der Waals surface area contributed by atoms with Gasteiger partial charge in [0.2, 0.25) is 0 Å². The van der Waals surface area contributed by atoms with Gasteiger partial charge in [0.15, 0.2) is 5.11 Å². The zero-order valence-electron chi connectivity index (χ0n) is 18.7. The van der Waals surface area contributed by atoms with Gasteiger partial charge in [-0.1, -0.05) is 17.7 Å². The first-order chi connectivity index (χ1) is 16.1. The Hall–Kier alpha value is -2.45. The van der Waals surface area contributed by atoms with Crippen molar-refractivity contribution in [3.05, 3.63) is 82.9 Å². The van der Waals surface area contributed by atoms with Gasteiger partial charge in [0, 0.05) is 55.0 Å². The fraction of sp³-hybridized carbons (Fsp3) is 0.360. The quantitative estimate of drug-likeness (QED) is 0.534. The molecule has 0 radical (unpaired) electrons. The van der Waals surface area contributed by atoms with Crippen LogP contribution in [0.5, 0.6) is 0 Å². The van der Waals surface area contributed by atoms with Crippen molar-refractivity contribution in [2.45, 2.75) is 19.0 Å². The maximum Gasteiger partial charge on any atom is 0.170 e. The van der Waals surface area contributed by atoms with E-state index in [0.717, 1.165) is 66.5 Å². The summed E-state index contributed by atoms with van der Waals surface area (Å²) in [6.45, 7) is 7.32. The van der Waals surface area contributed by atoms with Gasteiger partial charge in [-0.15, -0.1) is 0 Å². The topological polar surface area (TPSA) is 45.6 Å². The fourth-order valence-electron chi connectivity index (χ4n) is 4.69. The van der Waals surface area contributed by atoms with E-state index in [9.17, 15) is 0 Å². The second-order valence-corrected chi connectivity index (χ2v) is 9.30. The molecule has 2 aliphatic rings. The number of morpholine rings is 1. The number of nitrogens with zero attached hydrogens (tertiary/aromatic N) is 4. The zero-order valence-corrected chi connectivity index (χ0v) is 20.2. The molecule has 0 unspecified atom stereocenters. The lowest BCUT2D eigenvalue weighted by Crippen LogP contribution is -2.42. The number of hydrogen-bond donors (Lipinski definition) is 1. The van der Waals surface area contributed by atoms with Crippen molar-refractivity contribution in [2.75, 3.05) is 39.4 Å². The predicted molar refractivity (Wildman–Crippen MR) is 135 cm³/mol. The van der Waals surface area contributed by atoms with E-state index in [2.05, 4.69) is 61.2 Å². The molecule has 2 aromatic heterocycles. The van der Waals surface area contributed by atoms with Crippen LogP contribution in [0.1, 0.15) is 29.0 Å². The summed E-state index contributed by atoms with van der Waals surface area (Å²) in [4.78, 5) is 9.43. The molecule has 0 saturated carbocycles. The van der Waals surface area contributed by atoms with Crippen molar-refractivity contribution in [3.63, 3.8) is 0 Å². The maximum absolute atomic E-state index is 6.30. The van der Waals surface area contributed by atoms with Crippen LogP contribution in [-0.4, -0.2) is 63.9 Å². The summed E-state index contributed by atoms with van der Waals surface area (Å²) in [5, 5.41) is 5.10. The molecule has 0 bridgehead atoms. The molecule has 2 fully saturated rings. The summed E-state index contributed by atoms with van der Waals surface area (Å²) >= 11 is 12.2. The number of aryl methyl sites for hydroxylation is 1. The largest absolute Gasteiger partial charge is 0.379 e. The second-order valence-electron chi connectivity index (χ2n) is 8.51. The summed E-state index contributed by atoms with van der Waals surface area (Å²) < 4.78 is 7.75. The van der Waals surface area contributed by atoms with Crippen LogP contribution in [0.15, 0.2) is 60.9 Å². The molecular formula is C25H28ClN5OS. The Morgan fingerprint density at radius 2 is 1.97 bits per heavy atom. The van der Waals surface area contributed by atoms with Gasteiger partial charge < -0.3 is 19.5 Å². The smallest absolute Gasteiger partial charge is 0.170 e. The molecule has 33 heavy (non-hydrogen) atoms. The fourth-order valence-corrected chi connectivity index (χ4v) is 5.14. The molecule has 0 aliphatic carbocycles. The van der Waals surface area contributed by atoms with Crippen molar-refractivity contribution < 1.29 is 4.74 Å². The predicted octanol–water partition coefficient (Wildman–Crippen LogP) is 4.14. The molecule has 0 amide bonds. The molecule has 1 aromatic carbocycles. The summed E-state index contributed by atoms with van der Waals surface area (Å²) in [6.07, 6.45) is 3.95. The van der Waals surface area contributed by atoms with Gasteiger partial charge >= 0.3 is 0 Å². The lowest BCUT2D eigenvalue weighted by Gasteiger charge is -2.32. The average Bonchev–Trinajstić information content (AvgIpc) is 3.45. The Kier molecular flexibility index (Phi) is 6.64. The van der Waals surface area contributed by atoms with Crippen molar-refractivity contribution in [1.82, 2.24) is 24.7 Å². The molecule has 8 heteroatoms.